The maximum atomic E-state index is 12.6. The van der Waals surface area contributed by atoms with Gasteiger partial charge < -0.3 is 9.80 Å². The van der Waals surface area contributed by atoms with Gasteiger partial charge in [0.1, 0.15) is 6.04 Å². The zero-order chi connectivity index (χ0) is 13.2. The summed E-state index contributed by atoms with van der Waals surface area (Å²) in [6.07, 6.45) is 4.72. The Morgan fingerprint density at radius 1 is 1.16 bits per heavy atom. The molecule has 0 bridgehead atoms. The molecule has 19 heavy (non-hydrogen) atoms. The Kier molecular flexibility index (Phi) is 4.01. The summed E-state index contributed by atoms with van der Waals surface area (Å²) in [5, 5.41) is 0. The molecule has 2 unspecified atom stereocenters. The highest BCUT2D eigenvalue weighted by Gasteiger charge is 2.38. The summed E-state index contributed by atoms with van der Waals surface area (Å²) in [5.41, 5.74) is 0. The number of nitrogens with zero attached hydrogens (tertiary/aromatic N) is 2. The molecule has 3 aliphatic rings. The van der Waals surface area contributed by atoms with Crippen molar-refractivity contribution in [2.75, 3.05) is 31.1 Å². The molecule has 0 radical (unpaired) electrons. The van der Waals surface area contributed by atoms with Crippen molar-refractivity contribution < 1.29 is 9.59 Å². The van der Waals surface area contributed by atoms with Crippen molar-refractivity contribution in [2.45, 2.75) is 38.1 Å². The van der Waals surface area contributed by atoms with Crippen LogP contribution in [0.2, 0.25) is 0 Å². The smallest absolute Gasteiger partial charge is 0.245 e. The molecule has 106 valence electrons. The van der Waals surface area contributed by atoms with Gasteiger partial charge in [0, 0.05) is 26.1 Å². The largest absolute Gasteiger partial charge is 0.340 e. The minimum atomic E-state index is -0.155. The molecule has 2 atom stereocenters. The zero-order valence-corrected chi connectivity index (χ0v) is 12.2. The van der Waals surface area contributed by atoms with E-state index in [9.17, 15) is 9.59 Å². The van der Waals surface area contributed by atoms with Gasteiger partial charge in [-0.25, -0.2) is 0 Å². The van der Waals surface area contributed by atoms with Gasteiger partial charge in [-0.3, -0.25) is 9.59 Å². The number of piperidine rings is 1. The standard InChI is InChI=1S/C14H22N2O2S/c17-13-4-7-15(9-11-5-8-19-10-11)14(18)12-3-1-2-6-16(12)13/h11-12H,1-10H2. The predicted octanol–water partition coefficient (Wildman–Crippen LogP) is 1.35. The summed E-state index contributed by atoms with van der Waals surface area (Å²) in [7, 11) is 0. The average Bonchev–Trinajstić information content (AvgIpc) is 2.91. The number of amides is 2. The van der Waals surface area contributed by atoms with Crippen molar-refractivity contribution in [3.05, 3.63) is 0 Å². The van der Waals surface area contributed by atoms with Gasteiger partial charge in [-0.15, -0.1) is 0 Å². The van der Waals surface area contributed by atoms with Crippen molar-refractivity contribution >= 4 is 23.6 Å². The normalized spacial score (nSPS) is 32.4. The van der Waals surface area contributed by atoms with Crippen molar-refractivity contribution in [3.8, 4) is 0 Å². The highest BCUT2D eigenvalue weighted by molar-refractivity contribution is 7.99. The maximum absolute atomic E-state index is 12.6. The Bertz CT molecular complexity index is 368. The van der Waals surface area contributed by atoms with Gasteiger partial charge in [-0.2, -0.15) is 11.8 Å². The van der Waals surface area contributed by atoms with E-state index in [1.807, 2.05) is 21.6 Å². The Morgan fingerprint density at radius 2 is 2.05 bits per heavy atom. The van der Waals surface area contributed by atoms with E-state index in [4.69, 9.17) is 0 Å². The molecule has 3 fully saturated rings. The summed E-state index contributed by atoms with van der Waals surface area (Å²) in [6, 6.07) is -0.155. The van der Waals surface area contributed by atoms with Crippen molar-refractivity contribution in [1.29, 1.82) is 0 Å². The number of carbonyl (C=O) groups excluding carboxylic acids is 2. The fraction of sp³-hybridized carbons (Fsp3) is 0.857. The lowest BCUT2D eigenvalue weighted by atomic mass is 10.0. The predicted molar refractivity (Wildman–Crippen MR) is 76.0 cm³/mol. The van der Waals surface area contributed by atoms with Crippen molar-refractivity contribution in [2.24, 2.45) is 5.92 Å². The SMILES string of the molecule is O=C1C2CCCCN2C(=O)CCN1CC1CCSC1. The van der Waals surface area contributed by atoms with Crippen LogP contribution in [0.5, 0.6) is 0 Å². The van der Waals surface area contributed by atoms with Gasteiger partial charge in [-0.05, 0) is 43.1 Å². The van der Waals surface area contributed by atoms with Crippen LogP contribution in [0.15, 0.2) is 0 Å². The quantitative estimate of drug-likeness (QED) is 0.768. The molecule has 4 nitrogen and oxygen atoms in total. The number of hydrogen-bond donors (Lipinski definition) is 0. The van der Waals surface area contributed by atoms with Crippen LogP contribution in [0.25, 0.3) is 0 Å². The van der Waals surface area contributed by atoms with Crippen LogP contribution >= 0.6 is 11.8 Å². The molecule has 3 heterocycles. The third kappa shape index (κ3) is 2.76. The molecule has 2 amide bonds. The zero-order valence-electron chi connectivity index (χ0n) is 11.3. The van der Waals surface area contributed by atoms with E-state index >= 15 is 0 Å². The summed E-state index contributed by atoms with van der Waals surface area (Å²) in [6.45, 7) is 2.28. The van der Waals surface area contributed by atoms with Gasteiger partial charge in [0.05, 0.1) is 0 Å². The van der Waals surface area contributed by atoms with Gasteiger partial charge in [0.25, 0.3) is 0 Å². The minimum absolute atomic E-state index is 0.155. The molecule has 0 aromatic heterocycles. The number of thioether (sulfide) groups is 1. The highest BCUT2D eigenvalue weighted by Crippen LogP contribution is 2.27. The molecule has 3 saturated heterocycles. The van der Waals surface area contributed by atoms with Gasteiger partial charge in [0.2, 0.25) is 11.8 Å². The molecule has 0 aromatic rings. The molecule has 0 spiro atoms. The fourth-order valence-electron chi connectivity index (χ4n) is 3.40. The Hall–Kier alpha value is -0.710. The molecular formula is C14H22N2O2S. The van der Waals surface area contributed by atoms with Crippen LogP contribution in [0.1, 0.15) is 32.1 Å². The molecular weight excluding hydrogens is 260 g/mol. The lowest BCUT2D eigenvalue weighted by Gasteiger charge is -2.34. The molecule has 0 aliphatic carbocycles. The monoisotopic (exact) mass is 282 g/mol. The molecule has 3 aliphatic heterocycles. The molecule has 0 saturated carbocycles. The van der Waals surface area contributed by atoms with Gasteiger partial charge >= 0.3 is 0 Å². The summed E-state index contributed by atoms with van der Waals surface area (Å²) in [4.78, 5) is 28.6. The first kappa shape index (κ1) is 13.3. The van der Waals surface area contributed by atoms with Crippen LogP contribution < -0.4 is 0 Å². The van der Waals surface area contributed by atoms with Gasteiger partial charge in [0.15, 0.2) is 0 Å². The van der Waals surface area contributed by atoms with Crippen LogP contribution in [-0.4, -0.2) is 58.8 Å². The lowest BCUT2D eigenvalue weighted by Crippen LogP contribution is -2.50. The lowest BCUT2D eigenvalue weighted by molar-refractivity contribution is -0.143. The third-order valence-corrected chi connectivity index (χ3v) is 5.75. The van der Waals surface area contributed by atoms with E-state index in [1.165, 1.54) is 17.9 Å². The number of hydrogen-bond acceptors (Lipinski definition) is 3. The van der Waals surface area contributed by atoms with Crippen LogP contribution in [0.4, 0.5) is 0 Å². The number of carbonyl (C=O) groups is 2. The Morgan fingerprint density at radius 3 is 2.84 bits per heavy atom. The molecule has 3 rings (SSSR count). The molecule has 5 heteroatoms. The second-order valence-electron chi connectivity index (χ2n) is 5.86. The number of rotatable bonds is 2. The van der Waals surface area contributed by atoms with E-state index in [0.29, 0.717) is 18.9 Å². The highest BCUT2D eigenvalue weighted by atomic mass is 32.2. The summed E-state index contributed by atoms with van der Waals surface area (Å²) in [5.74, 6) is 3.43. The van der Waals surface area contributed by atoms with E-state index in [2.05, 4.69) is 0 Å². The van der Waals surface area contributed by atoms with Crippen LogP contribution in [0.3, 0.4) is 0 Å². The maximum Gasteiger partial charge on any atom is 0.245 e. The molecule has 0 N–H and O–H groups in total. The number of fused-ring (bicyclic) bond motifs is 1. The first-order chi connectivity index (χ1) is 9.25. The van der Waals surface area contributed by atoms with E-state index in [1.54, 1.807) is 0 Å². The summed E-state index contributed by atoms with van der Waals surface area (Å²) < 4.78 is 0. The fourth-order valence-corrected chi connectivity index (χ4v) is 4.67. The van der Waals surface area contributed by atoms with E-state index in [-0.39, 0.29) is 17.9 Å². The molecule has 0 aromatic carbocycles. The van der Waals surface area contributed by atoms with E-state index < -0.39 is 0 Å². The summed E-state index contributed by atoms with van der Waals surface area (Å²) >= 11 is 1.99. The topological polar surface area (TPSA) is 40.6 Å². The first-order valence-corrected chi connectivity index (χ1v) is 8.57. The Balaban J connectivity index is 1.71. The first-order valence-electron chi connectivity index (χ1n) is 7.41. The third-order valence-electron chi connectivity index (χ3n) is 4.52. The van der Waals surface area contributed by atoms with Crippen LogP contribution in [-0.2, 0) is 9.59 Å². The van der Waals surface area contributed by atoms with Crippen molar-refractivity contribution in [3.63, 3.8) is 0 Å². The van der Waals surface area contributed by atoms with Crippen LogP contribution in [0, 0.1) is 5.92 Å². The minimum Gasteiger partial charge on any atom is -0.340 e. The van der Waals surface area contributed by atoms with Crippen molar-refractivity contribution in [1.82, 2.24) is 9.80 Å². The van der Waals surface area contributed by atoms with Gasteiger partial charge in [-0.1, -0.05) is 0 Å². The second-order valence-corrected chi connectivity index (χ2v) is 7.01. The average molecular weight is 282 g/mol. The Labute approximate surface area is 118 Å². The van der Waals surface area contributed by atoms with E-state index in [0.717, 1.165) is 32.4 Å². The second kappa shape index (κ2) is 5.73.